The minimum absolute atomic E-state index is 0. The molecule has 0 fully saturated rings. The van der Waals surface area contributed by atoms with E-state index in [4.69, 9.17) is 10.0 Å². The van der Waals surface area contributed by atoms with E-state index in [0.29, 0.717) is 5.56 Å². The topological polar surface area (TPSA) is 40.5 Å². The maximum atomic E-state index is 13.3. The monoisotopic (exact) mass is 253 g/mol. The Morgan fingerprint density at radius 2 is 1.33 bits per heavy atom. The van der Waals surface area contributed by atoms with Crippen molar-refractivity contribution in [1.29, 1.82) is 0 Å². The molecule has 0 saturated heterocycles. The number of rotatable bonds is 1. The molecule has 0 atom stereocenters. The van der Waals surface area contributed by atoms with Crippen LogP contribution in [0.2, 0.25) is 0 Å². The van der Waals surface area contributed by atoms with Crippen LogP contribution >= 0.6 is 0 Å². The summed E-state index contributed by atoms with van der Waals surface area (Å²) in [6, 6.07) is 10.6. The molecular formula is C12H9BF3O2. The van der Waals surface area contributed by atoms with Gasteiger partial charge in [-0.25, -0.2) is 13.2 Å². The van der Waals surface area contributed by atoms with Crippen molar-refractivity contribution >= 4 is 7.69 Å². The number of hydrogen-bond acceptors (Lipinski definition) is 2. The Morgan fingerprint density at radius 1 is 0.778 bits per heavy atom. The van der Waals surface area contributed by atoms with Gasteiger partial charge in [0.1, 0.15) is 0 Å². The van der Waals surface area contributed by atoms with Crippen molar-refractivity contribution in [3.8, 4) is 11.1 Å². The van der Waals surface area contributed by atoms with Crippen molar-refractivity contribution < 1.29 is 23.2 Å². The van der Waals surface area contributed by atoms with Crippen LogP contribution in [0.3, 0.4) is 0 Å². The molecule has 2 rings (SSSR count). The highest BCUT2D eigenvalue weighted by molar-refractivity contribution is 6.13. The smallest absolute Gasteiger partial charge is 0.429 e. The third-order valence-electron chi connectivity index (χ3n) is 2.12. The van der Waals surface area contributed by atoms with Gasteiger partial charge in [-0.3, -0.25) is 0 Å². The second-order valence-corrected chi connectivity index (χ2v) is 3.20. The quantitative estimate of drug-likeness (QED) is 0.604. The van der Waals surface area contributed by atoms with Gasteiger partial charge in [-0.1, -0.05) is 30.3 Å². The maximum absolute atomic E-state index is 13.3. The molecule has 2 aromatic carbocycles. The molecule has 0 bridgehead atoms. The summed E-state index contributed by atoms with van der Waals surface area (Å²) >= 11 is 0. The van der Waals surface area contributed by atoms with Gasteiger partial charge in [0.15, 0.2) is 17.5 Å². The highest BCUT2D eigenvalue weighted by atomic mass is 19.2. The van der Waals surface area contributed by atoms with Crippen molar-refractivity contribution in [3.63, 3.8) is 0 Å². The lowest BCUT2D eigenvalue weighted by Gasteiger charge is -2.04. The second kappa shape index (κ2) is 6.83. The Labute approximate surface area is 103 Å². The highest BCUT2D eigenvalue weighted by Gasteiger charge is 2.13. The molecule has 0 aromatic heterocycles. The molecule has 0 spiro atoms. The molecule has 0 aliphatic rings. The van der Waals surface area contributed by atoms with E-state index in [0.717, 1.165) is 6.07 Å². The van der Waals surface area contributed by atoms with Crippen LogP contribution in [0.1, 0.15) is 0 Å². The van der Waals surface area contributed by atoms with Crippen molar-refractivity contribution in [1.82, 2.24) is 0 Å². The van der Waals surface area contributed by atoms with Crippen LogP contribution in [0.5, 0.6) is 0 Å². The molecule has 0 heterocycles. The fourth-order valence-corrected chi connectivity index (χ4v) is 1.37. The Bertz CT molecular complexity index is 506. The van der Waals surface area contributed by atoms with Gasteiger partial charge in [-0.05, 0) is 17.7 Å². The molecule has 0 aliphatic carbocycles. The van der Waals surface area contributed by atoms with Crippen molar-refractivity contribution in [2.24, 2.45) is 0 Å². The molecule has 1 radical (unpaired) electrons. The molecule has 0 amide bonds. The molecule has 18 heavy (non-hydrogen) atoms. The molecule has 0 aliphatic heterocycles. The van der Waals surface area contributed by atoms with Crippen molar-refractivity contribution in [2.45, 2.75) is 0 Å². The van der Waals surface area contributed by atoms with Crippen LogP contribution < -0.4 is 0 Å². The molecule has 0 saturated carbocycles. The van der Waals surface area contributed by atoms with Gasteiger partial charge in [0.25, 0.3) is 0 Å². The molecule has 0 unspecified atom stereocenters. The summed E-state index contributed by atoms with van der Waals surface area (Å²) in [4.78, 5) is 0. The van der Waals surface area contributed by atoms with Gasteiger partial charge in [0, 0.05) is 5.56 Å². The van der Waals surface area contributed by atoms with Gasteiger partial charge < -0.3 is 10.0 Å². The molecule has 93 valence electrons. The van der Waals surface area contributed by atoms with Crippen LogP contribution in [0.15, 0.2) is 42.5 Å². The van der Waals surface area contributed by atoms with E-state index in [1.54, 1.807) is 30.3 Å². The van der Waals surface area contributed by atoms with Crippen molar-refractivity contribution in [2.75, 3.05) is 0 Å². The van der Waals surface area contributed by atoms with Crippen LogP contribution in [0, 0.1) is 17.5 Å². The first kappa shape index (κ1) is 14.3. The van der Waals surface area contributed by atoms with Crippen LogP contribution in [-0.4, -0.2) is 17.7 Å². The lowest BCUT2D eigenvalue weighted by molar-refractivity contribution is 0.448. The van der Waals surface area contributed by atoms with E-state index in [-0.39, 0.29) is 13.2 Å². The first-order valence-corrected chi connectivity index (χ1v) is 4.90. The summed E-state index contributed by atoms with van der Waals surface area (Å²) in [5.74, 6) is -3.76. The van der Waals surface area contributed by atoms with Crippen molar-refractivity contribution in [3.05, 3.63) is 59.9 Å². The van der Waals surface area contributed by atoms with E-state index in [1.165, 1.54) is 6.07 Å². The summed E-state index contributed by atoms with van der Waals surface area (Å²) in [5.41, 5.74) is 0.586. The molecule has 2 nitrogen and oxygen atoms in total. The third kappa shape index (κ3) is 3.35. The Morgan fingerprint density at radius 3 is 1.89 bits per heavy atom. The Kier molecular flexibility index (Phi) is 5.42. The minimum atomic E-state index is -1.43. The third-order valence-corrected chi connectivity index (χ3v) is 2.12. The van der Waals surface area contributed by atoms with Gasteiger partial charge >= 0.3 is 7.69 Å². The first-order valence-electron chi connectivity index (χ1n) is 4.90. The standard InChI is InChI=1S/C12H7F3.BH2O2/c13-10-7-6-9(11(14)12(10)15)8-4-2-1-3-5-8;2-1-3/h1-7H;2-3H. The molecule has 2 aromatic rings. The van der Waals surface area contributed by atoms with E-state index in [2.05, 4.69) is 0 Å². The fraction of sp³-hybridized carbons (Fsp3) is 0. The van der Waals surface area contributed by atoms with Gasteiger partial charge in [0.2, 0.25) is 0 Å². The van der Waals surface area contributed by atoms with Crippen LogP contribution in [-0.2, 0) is 0 Å². The minimum Gasteiger partial charge on any atom is -0.429 e. The van der Waals surface area contributed by atoms with E-state index in [1.807, 2.05) is 0 Å². The van der Waals surface area contributed by atoms with E-state index < -0.39 is 17.5 Å². The highest BCUT2D eigenvalue weighted by Crippen LogP contribution is 2.25. The summed E-state index contributed by atoms with van der Waals surface area (Å²) in [5, 5.41) is 14.0. The lowest BCUT2D eigenvalue weighted by atomic mass is 10.1. The maximum Gasteiger partial charge on any atom is 0.482 e. The SMILES string of the molecule is Fc1ccc(-c2ccccc2)c(F)c1F.O[B]O. The summed E-state index contributed by atoms with van der Waals surface area (Å²) in [6.45, 7) is 0. The van der Waals surface area contributed by atoms with Crippen LogP contribution in [0.4, 0.5) is 13.2 Å². The summed E-state index contributed by atoms with van der Waals surface area (Å²) in [7, 11) is 0. The molecule has 2 N–H and O–H groups in total. The van der Waals surface area contributed by atoms with Gasteiger partial charge in [-0.2, -0.15) is 0 Å². The second-order valence-electron chi connectivity index (χ2n) is 3.20. The largest absolute Gasteiger partial charge is 0.482 e. The summed E-state index contributed by atoms with van der Waals surface area (Å²) < 4.78 is 38.9. The first-order chi connectivity index (χ1) is 8.61. The average molecular weight is 253 g/mol. The zero-order valence-corrected chi connectivity index (χ0v) is 9.15. The van der Waals surface area contributed by atoms with E-state index >= 15 is 0 Å². The number of halogens is 3. The predicted octanol–water partition coefficient (Wildman–Crippen LogP) is 2.28. The molecule has 6 heteroatoms. The average Bonchev–Trinajstić information content (AvgIpc) is 2.38. The Balaban J connectivity index is 0.000000492. The summed E-state index contributed by atoms with van der Waals surface area (Å²) in [6.07, 6.45) is 0. The number of hydrogen-bond donors (Lipinski definition) is 2. The van der Waals surface area contributed by atoms with Gasteiger partial charge in [-0.15, -0.1) is 0 Å². The zero-order valence-electron chi connectivity index (χ0n) is 9.15. The zero-order chi connectivity index (χ0) is 13.5. The Hall–Kier alpha value is -1.79. The predicted molar refractivity (Wildman–Crippen MR) is 61.9 cm³/mol. The lowest BCUT2D eigenvalue weighted by Crippen LogP contribution is -1.93. The fourth-order valence-electron chi connectivity index (χ4n) is 1.37. The van der Waals surface area contributed by atoms with Gasteiger partial charge in [0.05, 0.1) is 0 Å². The molecular weight excluding hydrogens is 244 g/mol. The number of benzene rings is 2. The normalized spacial score (nSPS) is 9.39. The van der Waals surface area contributed by atoms with E-state index in [9.17, 15) is 13.2 Å². The van der Waals surface area contributed by atoms with Crippen LogP contribution in [0.25, 0.3) is 11.1 Å².